The molecule has 0 spiro atoms. The lowest BCUT2D eigenvalue weighted by atomic mass is 10.1. The van der Waals surface area contributed by atoms with Crippen molar-refractivity contribution in [3.8, 4) is 0 Å². The smallest absolute Gasteiger partial charge is 0.230 e. The van der Waals surface area contributed by atoms with Crippen molar-refractivity contribution in [3.05, 3.63) is 0 Å². The summed E-state index contributed by atoms with van der Waals surface area (Å²) in [4.78, 5) is 10.9. The maximum Gasteiger partial charge on any atom is 0.230 e. The number of hydrogen-bond donors (Lipinski definition) is 3. The summed E-state index contributed by atoms with van der Waals surface area (Å²) >= 11 is 1.41. The monoisotopic (exact) mass is 193 g/mol. The lowest BCUT2D eigenvalue weighted by molar-refractivity contribution is -0.120. The molecule has 0 bridgehead atoms. The number of rotatable bonds is 5. The van der Waals surface area contributed by atoms with E-state index in [1.165, 1.54) is 18.7 Å². The summed E-state index contributed by atoms with van der Waals surface area (Å²) < 4.78 is 0. The SMILES string of the molecule is CSCC(=O)NCC(C)(O)CO. The van der Waals surface area contributed by atoms with Gasteiger partial charge in [0, 0.05) is 6.54 Å². The first kappa shape index (κ1) is 11.7. The van der Waals surface area contributed by atoms with Gasteiger partial charge in [-0.05, 0) is 13.2 Å². The van der Waals surface area contributed by atoms with E-state index in [0.717, 1.165) is 0 Å². The zero-order valence-electron chi connectivity index (χ0n) is 7.33. The highest BCUT2D eigenvalue weighted by Gasteiger charge is 2.19. The fourth-order valence-electron chi connectivity index (χ4n) is 0.527. The van der Waals surface area contributed by atoms with Crippen LogP contribution >= 0.6 is 11.8 Å². The van der Waals surface area contributed by atoms with Crippen LogP contribution in [0.2, 0.25) is 0 Å². The number of aliphatic hydroxyl groups excluding tert-OH is 1. The van der Waals surface area contributed by atoms with Crippen LogP contribution in [-0.2, 0) is 4.79 Å². The Balaban J connectivity index is 3.60. The molecule has 0 aromatic rings. The zero-order valence-corrected chi connectivity index (χ0v) is 8.15. The number of thioether (sulfide) groups is 1. The highest BCUT2D eigenvalue weighted by molar-refractivity contribution is 7.99. The molecule has 0 saturated heterocycles. The lowest BCUT2D eigenvalue weighted by Gasteiger charge is -2.20. The van der Waals surface area contributed by atoms with Crippen LogP contribution in [0.4, 0.5) is 0 Å². The Bertz CT molecular complexity index is 150. The van der Waals surface area contributed by atoms with Gasteiger partial charge in [0.2, 0.25) is 5.91 Å². The molecule has 1 amide bonds. The maximum absolute atomic E-state index is 10.9. The molecule has 4 nitrogen and oxygen atoms in total. The van der Waals surface area contributed by atoms with E-state index in [-0.39, 0.29) is 19.1 Å². The molecule has 0 aliphatic rings. The van der Waals surface area contributed by atoms with Gasteiger partial charge in [-0.15, -0.1) is 0 Å². The van der Waals surface area contributed by atoms with Crippen LogP contribution in [0.1, 0.15) is 6.92 Å². The van der Waals surface area contributed by atoms with Crippen molar-refractivity contribution in [2.75, 3.05) is 25.2 Å². The van der Waals surface area contributed by atoms with Crippen molar-refractivity contribution >= 4 is 17.7 Å². The molecule has 0 saturated carbocycles. The van der Waals surface area contributed by atoms with Crippen molar-refractivity contribution < 1.29 is 15.0 Å². The molecule has 12 heavy (non-hydrogen) atoms. The normalized spacial score (nSPS) is 15.3. The summed E-state index contributed by atoms with van der Waals surface area (Å²) in [5.74, 6) is 0.248. The molecule has 0 heterocycles. The van der Waals surface area contributed by atoms with Crippen molar-refractivity contribution in [1.82, 2.24) is 5.32 Å². The van der Waals surface area contributed by atoms with E-state index in [2.05, 4.69) is 5.32 Å². The average Bonchev–Trinajstić information content (AvgIpc) is 2.02. The van der Waals surface area contributed by atoms with Crippen LogP contribution in [0.25, 0.3) is 0 Å². The highest BCUT2D eigenvalue weighted by atomic mass is 32.2. The summed E-state index contributed by atoms with van der Waals surface area (Å²) in [7, 11) is 0. The van der Waals surface area contributed by atoms with E-state index >= 15 is 0 Å². The molecule has 1 unspecified atom stereocenters. The van der Waals surface area contributed by atoms with Gasteiger partial charge in [-0.1, -0.05) is 0 Å². The molecule has 0 rings (SSSR count). The summed E-state index contributed by atoms with van der Waals surface area (Å²) in [6.45, 7) is 1.20. The Morgan fingerprint density at radius 2 is 2.25 bits per heavy atom. The van der Waals surface area contributed by atoms with Gasteiger partial charge in [0.15, 0.2) is 0 Å². The Labute approximate surface area is 76.4 Å². The second kappa shape index (κ2) is 5.40. The summed E-state index contributed by atoms with van der Waals surface area (Å²) in [5, 5.41) is 20.4. The van der Waals surface area contributed by atoms with E-state index in [1.54, 1.807) is 0 Å². The number of amides is 1. The molecule has 0 aromatic heterocycles. The minimum Gasteiger partial charge on any atom is -0.393 e. The molecular formula is C7H15NO3S. The van der Waals surface area contributed by atoms with Gasteiger partial charge < -0.3 is 15.5 Å². The van der Waals surface area contributed by atoms with E-state index in [0.29, 0.717) is 5.75 Å². The van der Waals surface area contributed by atoms with E-state index in [1.807, 2.05) is 6.26 Å². The van der Waals surface area contributed by atoms with Crippen molar-refractivity contribution in [3.63, 3.8) is 0 Å². The van der Waals surface area contributed by atoms with E-state index in [4.69, 9.17) is 5.11 Å². The predicted molar refractivity (Wildman–Crippen MR) is 49.1 cm³/mol. The van der Waals surface area contributed by atoms with Crippen LogP contribution in [0.5, 0.6) is 0 Å². The Hall–Kier alpha value is -0.260. The minimum atomic E-state index is -1.21. The number of aliphatic hydroxyl groups is 2. The molecule has 0 aromatic carbocycles. The van der Waals surface area contributed by atoms with Crippen LogP contribution in [0.15, 0.2) is 0 Å². The van der Waals surface area contributed by atoms with Crippen LogP contribution in [-0.4, -0.2) is 46.9 Å². The Morgan fingerprint density at radius 1 is 1.67 bits per heavy atom. The van der Waals surface area contributed by atoms with Crippen LogP contribution in [0.3, 0.4) is 0 Å². The quantitative estimate of drug-likeness (QED) is 0.535. The third-order valence-corrected chi connectivity index (χ3v) is 1.83. The fraction of sp³-hybridized carbons (Fsp3) is 0.857. The van der Waals surface area contributed by atoms with Gasteiger partial charge in [-0.2, -0.15) is 11.8 Å². The second-order valence-corrected chi connectivity index (χ2v) is 3.73. The van der Waals surface area contributed by atoms with Crippen molar-refractivity contribution in [2.45, 2.75) is 12.5 Å². The third-order valence-electron chi connectivity index (χ3n) is 1.28. The summed E-state index contributed by atoms with van der Waals surface area (Å²) in [6, 6.07) is 0. The highest BCUT2D eigenvalue weighted by Crippen LogP contribution is 1.98. The molecular weight excluding hydrogens is 178 g/mol. The minimum absolute atomic E-state index is 0.0862. The van der Waals surface area contributed by atoms with E-state index in [9.17, 15) is 9.90 Å². The molecule has 72 valence electrons. The number of nitrogens with one attached hydrogen (secondary N) is 1. The molecule has 0 aliphatic carbocycles. The van der Waals surface area contributed by atoms with Gasteiger partial charge in [-0.3, -0.25) is 4.79 Å². The first-order chi connectivity index (χ1) is 5.52. The van der Waals surface area contributed by atoms with Crippen LogP contribution in [0, 0.1) is 0 Å². The van der Waals surface area contributed by atoms with Crippen molar-refractivity contribution in [2.24, 2.45) is 0 Å². The number of carbonyl (C=O) groups excluding carboxylic acids is 1. The van der Waals surface area contributed by atoms with Gasteiger partial charge in [0.1, 0.15) is 5.60 Å². The van der Waals surface area contributed by atoms with Gasteiger partial charge in [0.25, 0.3) is 0 Å². The molecule has 3 N–H and O–H groups in total. The van der Waals surface area contributed by atoms with E-state index < -0.39 is 5.60 Å². The van der Waals surface area contributed by atoms with Gasteiger partial charge in [0.05, 0.1) is 12.4 Å². The number of carbonyl (C=O) groups is 1. The lowest BCUT2D eigenvalue weighted by Crippen LogP contribution is -2.43. The fourth-order valence-corrected chi connectivity index (χ4v) is 0.891. The standard InChI is InChI=1S/C7H15NO3S/c1-7(11,5-9)4-8-6(10)3-12-2/h9,11H,3-5H2,1-2H3,(H,8,10). The maximum atomic E-state index is 10.9. The largest absolute Gasteiger partial charge is 0.393 e. The van der Waals surface area contributed by atoms with Crippen molar-refractivity contribution in [1.29, 1.82) is 0 Å². The average molecular weight is 193 g/mol. The topological polar surface area (TPSA) is 69.6 Å². The first-order valence-electron chi connectivity index (χ1n) is 3.61. The Morgan fingerprint density at radius 3 is 2.67 bits per heavy atom. The first-order valence-corrected chi connectivity index (χ1v) is 5.00. The van der Waals surface area contributed by atoms with Gasteiger partial charge in [-0.25, -0.2) is 0 Å². The summed E-state index contributed by atoms with van der Waals surface area (Å²) in [6.07, 6.45) is 1.82. The van der Waals surface area contributed by atoms with Gasteiger partial charge >= 0.3 is 0 Å². The number of hydrogen-bond acceptors (Lipinski definition) is 4. The van der Waals surface area contributed by atoms with Crippen LogP contribution < -0.4 is 5.32 Å². The molecule has 0 aliphatic heterocycles. The molecule has 1 atom stereocenters. The predicted octanol–water partition coefficient (Wildman–Crippen LogP) is -0.791. The Kier molecular flexibility index (Phi) is 5.28. The molecule has 0 fully saturated rings. The zero-order chi connectivity index (χ0) is 9.61. The molecule has 0 radical (unpaired) electrons. The second-order valence-electron chi connectivity index (χ2n) is 2.86. The molecule has 5 heteroatoms. The third kappa shape index (κ3) is 5.40. The summed E-state index contributed by atoms with van der Waals surface area (Å²) in [5.41, 5.74) is -1.21.